The summed E-state index contributed by atoms with van der Waals surface area (Å²) in [5.41, 5.74) is 1.07. The summed E-state index contributed by atoms with van der Waals surface area (Å²) in [7, 11) is 1.64. The van der Waals surface area contributed by atoms with Crippen LogP contribution < -0.4 is 9.47 Å². The highest BCUT2D eigenvalue weighted by Crippen LogP contribution is 2.29. The Kier molecular flexibility index (Phi) is 5.99. The normalized spacial score (nSPS) is 12.6. The molecule has 0 spiro atoms. The predicted molar refractivity (Wildman–Crippen MR) is 73.3 cm³/mol. The largest absolute Gasteiger partial charge is 0.493 e. The molecule has 0 aliphatic carbocycles. The minimum Gasteiger partial charge on any atom is -0.493 e. The van der Waals surface area contributed by atoms with Gasteiger partial charge in [-0.3, -0.25) is 0 Å². The van der Waals surface area contributed by atoms with Gasteiger partial charge in [0.05, 0.1) is 19.8 Å². The van der Waals surface area contributed by atoms with Gasteiger partial charge in [-0.05, 0) is 36.5 Å². The molecule has 0 aliphatic heterocycles. The molecular formula is C15H24O3. The first-order valence-electron chi connectivity index (χ1n) is 6.54. The number of aliphatic hydroxyl groups is 1. The fourth-order valence-corrected chi connectivity index (χ4v) is 1.63. The maximum Gasteiger partial charge on any atom is 0.161 e. The Morgan fingerprint density at radius 3 is 2.50 bits per heavy atom. The van der Waals surface area contributed by atoms with Crippen molar-refractivity contribution in [2.75, 3.05) is 13.7 Å². The van der Waals surface area contributed by atoms with Crippen LogP contribution in [0.4, 0.5) is 0 Å². The zero-order chi connectivity index (χ0) is 13.5. The van der Waals surface area contributed by atoms with E-state index >= 15 is 0 Å². The second-order valence-electron chi connectivity index (χ2n) is 4.96. The van der Waals surface area contributed by atoms with Crippen LogP contribution in [0.5, 0.6) is 11.5 Å². The first kappa shape index (κ1) is 14.8. The summed E-state index contributed by atoms with van der Waals surface area (Å²) in [5, 5.41) is 9.67. The van der Waals surface area contributed by atoms with Gasteiger partial charge in [-0.1, -0.05) is 26.8 Å². The van der Waals surface area contributed by atoms with Gasteiger partial charge in [0.1, 0.15) is 0 Å². The molecule has 0 radical (unpaired) electrons. The molecule has 3 heteroatoms. The van der Waals surface area contributed by atoms with Crippen molar-refractivity contribution in [1.82, 2.24) is 0 Å². The molecule has 0 amide bonds. The molecule has 18 heavy (non-hydrogen) atoms. The van der Waals surface area contributed by atoms with Crippen molar-refractivity contribution in [3.63, 3.8) is 0 Å². The molecule has 1 atom stereocenters. The summed E-state index contributed by atoms with van der Waals surface area (Å²) in [6.45, 7) is 6.86. The van der Waals surface area contributed by atoms with Crippen LogP contribution in [0.1, 0.15) is 32.8 Å². The number of hydrogen-bond donors (Lipinski definition) is 1. The highest BCUT2D eigenvalue weighted by molar-refractivity contribution is 5.43. The third-order valence-electron chi connectivity index (χ3n) is 2.74. The number of aliphatic hydroxyl groups excluding tert-OH is 1. The van der Waals surface area contributed by atoms with Crippen LogP contribution in [0.2, 0.25) is 0 Å². The van der Waals surface area contributed by atoms with Crippen LogP contribution in [-0.2, 0) is 6.42 Å². The summed E-state index contributed by atoms with van der Waals surface area (Å²) in [4.78, 5) is 0. The Morgan fingerprint density at radius 1 is 1.22 bits per heavy atom. The molecular weight excluding hydrogens is 228 g/mol. The van der Waals surface area contributed by atoms with Gasteiger partial charge in [-0.25, -0.2) is 0 Å². The monoisotopic (exact) mass is 252 g/mol. The first-order valence-corrected chi connectivity index (χ1v) is 6.54. The molecule has 0 saturated heterocycles. The highest BCUT2D eigenvalue weighted by Gasteiger charge is 2.09. The Labute approximate surface area is 110 Å². The van der Waals surface area contributed by atoms with E-state index in [0.717, 1.165) is 23.5 Å². The van der Waals surface area contributed by atoms with Gasteiger partial charge < -0.3 is 14.6 Å². The van der Waals surface area contributed by atoms with Gasteiger partial charge in [0.2, 0.25) is 0 Å². The number of hydrogen-bond acceptors (Lipinski definition) is 3. The van der Waals surface area contributed by atoms with Gasteiger partial charge in [-0.15, -0.1) is 0 Å². The average Bonchev–Trinajstić information content (AvgIpc) is 2.36. The molecule has 0 bridgehead atoms. The highest BCUT2D eigenvalue weighted by atomic mass is 16.5. The van der Waals surface area contributed by atoms with Crippen molar-refractivity contribution in [2.24, 2.45) is 5.92 Å². The SMILES string of the molecule is CCC(O)Cc1ccc(OC)c(OCC(C)C)c1. The van der Waals surface area contributed by atoms with Crippen molar-refractivity contribution in [3.8, 4) is 11.5 Å². The molecule has 102 valence electrons. The zero-order valence-electron chi connectivity index (χ0n) is 11.8. The van der Waals surface area contributed by atoms with Crippen LogP contribution in [0.3, 0.4) is 0 Å². The van der Waals surface area contributed by atoms with Crippen molar-refractivity contribution in [2.45, 2.75) is 39.7 Å². The van der Waals surface area contributed by atoms with Crippen molar-refractivity contribution in [1.29, 1.82) is 0 Å². The van der Waals surface area contributed by atoms with E-state index in [1.54, 1.807) is 7.11 Å². The smallest absolute Gasteiger partial charge is 0.161 e. The fraction of sp³-hybridized carbons (Fsp3) is 0.600. The standard InChI is InChI=1S/C15H24O3/c1-5-13(16)8-12-6-7-14(17-4)15(9-12)18-10-11(2)3/h6-7,9,11,13,16H,5,8,10H2,1-4H3. The summed E-state index contributed by atoms with van der Waals surface area (Å²) in [5.74, 6) is 1.97. The maximum absolute atomic E-state index is 9.67. The van der Waals surface area contributed by atoms with Crippen molar-refractivity contribution >= 4 is 0 Å². The van der Waals surface area contributed by atoms with Crippen LogP contribution >= 0.6 is 0 Å². The topological polar surface area (TPSA) is 38.7 Å². The molecule has 0 saturated carbocycles. The lowest BCUT2D eigenvalue weighted by atomic mass is 10.1. The van der Waals surface area contributed by atoms with E-state index in [9.17, 15) is 5.11 Å². The molecule has 1 rings (SSSR count). The summed E-state index contributed by atoms with van der Waals surface area (Å²) in [6.07, 6.45) is 1.11. The van der Waals surface area contributed by atoms with Crippen LogP contribution in [0.25, 0.3) is 0 Å². The summed E-state index contributed by atoms with van der Waals surface area (Å²) in [6, 6.07) is 5.83. The zero-order valence-corrected chi connectivity index (χ0v) is 11.8. The van der Waals surface area contributed by atoms with Gasteiger partial charge in [0, 0.05) is 0 Å². The van der Waals surface area contributed by atoms with Gasteiger partial charge >= 0.3 is 0 Å². The second-order valence-corrected chi connectivity index (χ2v) is 4.96. The quantitative estimate of drug-likeness (QED) is 0.810. The summed E-state index contributed by atoms with van der Waals surface area (Å²) >= 11 is 0. The number of ether oxygens (including phenoxy) is 2. The van der Waals surface area contributed by atoms with E-state index < -0.39 is 0 Å². The number of benzene rings is 1. The molecule has 1 N–H and O–H groups in total. The lowest BCUT2D eigenvalue weighted by Gasteiger charge is -2.14. The molecule has 0 fully saturated rings. The Balaban J connectivity index is 2.80. The molecule has 1 aromatic rings. The minimum absolute atomic E-state index is 0.295. The minimum atomic E-state index is -0.295. The number of methoxy groups -OCH3 is 1. The maximum atomic E-state index is 9.67. The lowest BCUT2D eigenvalue weighted by Crippen LogP contribution is -2.09. The molecule has 3 nitrogen and oxygen atoms in total. The molecule has 0 aliphatic rings. The van der Waals surface area contributed by atoms with E-state index in [4.69, 9.17) is 9.47 Å². The predicted octanol–water partition coefficient (Wildman–Crippen LogP) is 3.04. The van der Waals surface area contributed by atoms with Gasteiger partial charge in [0.15, 0.2) is 11.5 Å². The van der Waals surface area contributed by atoms with E-state index in [0.29, 0.717) is 18.9 Å². The molecule has 1 unspecified atom stereocenters. The Morgan fingerprint density at radius 2 is 1.94 bits per heavy atom. The van der Waals surface area contributed by atoms with E-state index in [1.807, 2.05) is 25.1 Å². The van der Waals surface area contributed by atoms with E-state index in [2.05, 4.69) is 13.8 Å². The van der Waals surface area contributed by atoms with Gasteiger partial charge in [-0.2, -0.15) is 0 Å². The van der Waals surface area contributed by atoms with Crippen LogP contribution in [0.15, 0.2) is 18.2 Å². The second kappa shape index (κ2) is 7.27. The Bertz CT molecular complexity index is 361. The Hall–Kier alpha value is -1.22. The van der Waals surface area contributed by atoms with Crippen molar-refractivity contribution < 1.29 is 14.6 Å². The lowest BCUT2D eigenvalue weighted by molar-refractivity contribution is 0.170. The average molecular weight is 252 g/mol. The van der Waals surface area contributed by atoms with E-state index in [-0.39, 0.29) is 6.10 Å². The van der Waals surface area contributed by atoms with E-state index in [1.165, 1.54) is 0 Å². The fourth-order valence-electron chi connectivity index (χ4n) is 1.63. The molecule has 1 aromatic carbocycles. The van der Waals surface area contributed by atoms with Crippen molar-refractivity contribution in [3.05, 3.63) is 23.8 Å². The summed E-state index contributed by atoms with van der Waals surface area (Å²) < 4.78 is 11.0. The first-order chi connectivity index (χ1) is 8.56. The van der Waals surface area contributed by atoms with Crippen LogP contribution in [-0.4, -0.2) is 24.9 Å². The van der Waals surface area contributed by atoms with Crippen LogP contribution in [0, 0.1) is 5.92 Å². The third kappa shape index (κ3) is 4.57. The third-order valence-corrected chi connectivity index (χ3v) is 2.74. The number of rotatable bonds is 7. The van der Waals surface area contributed by atoms with Gasteiger partial charge in [0.25, 0.3) is 0 Å². The molecule has 0 aromatic heterocycles. The molecule has 0 heterocycles.